The number of nitrogens with one attached hydrogen (secondary N) is 1. The van der Waals surface area contributed by atoms with Gasteiger partial charge in [0.15, 0.2) is 0 Å². The number of esters is 1. The number of hydrogen-bond donors (Lipinski definition) is 2. The fraction of sp³-hybridized carbons (Fsp3) is 0.235. The van der Waals surface area contributed by atoms with Gasteiger partial charge >= 0.3 is 5.97 Å². The van der Waals surface area contributed by atoms with E-state index in [1.807, 2.05) is 42.5 Å². The third-order valence-electron chi connectivity index (χ3n) is 3.29. The van der Waals surface area contributed by atoms with Crippen LogP contribution in [0.15, 0.2) is 54.6 Å². The molecule has 0 unspecified atom stereocenters. The lowest BCUT2D eigenvalue weighted by atomic mass is 10.0. The van der Waals surface area contributed by atoms with Crippen molar-refractivity contribution in [1.82, 2.24) is 0 Å². The molecule has 0 spiro atoms. The molecule has 1 atom stereocenters. The molecule has 0 amide bonds. The highest BCUT2D eigenvalue weighted by Crippen LogP contribution is 2.18. The summed E-state index contributed by atoms with van der Waals surface area (Å²) in [6, 6.07) is 17.7. The third kappa shape index (κ3) is 4.61. The first-order valence-corrected chi connectivity index (χ1v) is 6.89. The highest BCUT2D eigenvalue weighted by Gasteiger charge is 2.11. The summed E-state index contributed by atoms with van der Waals surface area (Å²) in [6.45, 7) is 0.772. The zero-order valence-electron chi connectivity index (χ0n) is 12.1. The average molecular weight is 284 g/mol. The summed E-state index contributed by atoms with van der Waals surface area (Å²) in [5.41, 5.74) is 9.13. The van der Waals surface area contributed by atoms with Gasteiger partial charge in [-0.05, 0) is 23.3 Å². The standard InChI is InChI=1S/C17H20N2O2/c1-21-17(20)11-16(18)14-7-9-15(10-8-14)19-12-13-5-3-2-4-6-13/h2-10,16,19H,11-12,18H2,1H3/t16-/m1/s1. The van der Waals surface area contributed by atoms with Crippen LogP contribution in [-0.2, 0) is 16.1 Å². The van der Waals surface area contributed by atoms with E-state index in [9.17, 15) is 4.79 Å². The lowest BCUT2D eigenvalue weighted by Gasteiger charge is -2.12. The molecule has 0 aliphatic carbocycles. The molecule has 0 aliphatic heterocycles. The van der Waals surface area contributed by atoms with Crippen LogP contribution < -0.4 is 11.1 Å². The van der Waals surface area contributed by atoms with Gasteiger partial charge in [-0.2, -0.15) is 0 Å². The topological polar surface area (TPSA) is 64.3 Å². The maximum absolute atomic E-state index is 11.2. The molecule has 0 saturated heterocycles. The Hall–Kier alpha value is -2.33. The second-order valence-electron chi connectivity index (χ2n) is 4.85. The zero-order valence-corrected chi connectivity index (χ0v) is 12.1. The van der Waals surface area contributed by atoms with Crippen LogP contribution in [0.3, 0.4) is 0 Å². The summed E-state index contributed by atoms with van der Waals surface area (Å²) in [5.74, 6) is -0.297. The molecule has 110 valence electrons. The van der Waals surface area contributed by atoms with E-state index in [0.29, 0.717) is 0 Å². The van der Waals surface area contributed by atoms with Gasteiger partial charge in [-0.1, -0.05) is 42.5 Å². The summed E-state index contributed by atoms with van der Waals surface area (Å²) in [6.07, 6.45) is 0.188. The van der Waals surface area contributed by atoms with Crippen molar-refractivity contribution >= 4 is 11.7 Å². The number of ether oxygens (including phenoxy) is 1. The molecule has 0 radical (unpaired) electrons. The number of anilines is 1. The van der Waals surface area contributed by atoms with Crippen molar-refractivity contribution in [3.8, 4) is 0 Å². The first-order valence-electron chi connectivity index (χ1n) is 6.89. The average Bonchev–Trinajstić information content (AvgIpc) is 2.54. The Balaban J connectivity index is 1.91. The van der Waals surface area contributed by atoms with Crippen LogP contribution in [0.1, 0.15) is 23.6 Å². The van der Waals surface area contributed by atoms with Gasteiger partial charge in [0.2, 0.25) is 0 Å². The van der Waals surface area contributed by atoms with Crippen molar-refractivity contribution in [1.29, 1.82) is 0 Å². The molecule has 21 heavy (non-hydrogen) atoms. The lowest BCUT2D eigenvalue weighted by Crippen LogP contribution is -2.16. The second kappa shape index (κ2) is 7.45. The number of methoxy groups -OCH3 is 1. The van der Waals surface area contributed by atoms with E-state index in [2.05, 4.69) is 22.2 Å². The highest BCUT2D eigenvalue weighted by atomic mass is 16.5. The van der Waals surface area contributed by atoms with Gasteiger partial charge in [0.25, 0.3) is 0 Å². The predicted molar refractivity (Wildman–Crippen MR) is 83.8 cm³/mol. The summed E-state index contributed by atoms with van der Waals surface area (Å²) in [5, 5.41) is 3.35. The number of benzene rings is 2. The molecule has 2 rings (SSSR count). The molecule has 4 heteroatoms. The van der Waals surface area contributed by atoms with Crippen molar-refractivity contribution in [2.75, 3.05) is 12.4 Å². The van der Waals surface area contributed by atoms with Crippen LogP contribution in [0.5, 0.6) is 0 Å². The summed E-state index contributed by atoms with van der Waals surface area (Å²) >= 11 is 0. The number of hydrogen-bond acceptors (Lipinski definition) is 4. The fourth-order valence-corrected chi connectivity index (χ4v) is 2.03. The molecule has 0 fully saturated rings. The van der Waals surface area contributed by atoms with Crippen LogP contribution in [0.4, 0.5) is 5.69 Å². The number of nitrogens with two attached hydrogens (primary N) is 1. The Bertz CT molecular complexity index is 567. The monoisotopic (exact) mass is 284 g/mol. The molecular formula is C17H20N2O2. The Morgan fingerprint density at radius 1 is 1.14 bits per heavy atom. The lowest BCUT2D eigenvalue weighted by molar-refractivity contribution is -0.141. The maximum atomic E-state index is 11.2. The Kier molecular flexibility index (Phi) is 5.35. The predicted octanol–water partition coefficient (Wildman–Crippen LogP) is 2.86. The molecule has 4 nitrogen and oxygen atoms in total. The van der Waals surface area contributed by atoms with Crippen LogP contribution in [0, 0.1) is 0 Å². The van der Waals surface area contributed by atoms with Gasteiger partial charge < -0.3 is 15.8 Å². The van der Waals surface area contributed by atoms with Crippen LogP contribution in [-0.4, -0.2) is 13.1 Å². The van der Waals surface area contributed by atoms with Crippen LogP contribution >= 0.6 is 0 Å². The fourth-order valence-electron chi connectivity index (χ4n) is 2.03. The Morgan fingerprint density at radius 3 is 2.43 bits per heavy atom. The van der Waals surface area contributed by atoms with Crippen molar-refractivity contribution in [3.63, 3.8) is 0 Å². The van der Waals surface area contributed by atoms with E-state index in [-0.39, 0.29) is 18.4 Å². The van der Waals surface area contributed by atoms with Gasteiger partial charge in [0, 0.05) is 18.3 Å². The molecule has 2 aromatic carbocycles. The number of carbonyl (C=O) groups is 1. The molecule has 0 bridgehead atoms. The highest BCUT2D eigenvalue weighted by molar-refractivity contribution is 5.70. The summed E-state index contributed by atoms with van der Waals surface area (Å²) in [7, 11) is 1.37. The first kappa shape index (κ1) is 15.1. The van der Waals surface area contributed by atoms with Crippen molar-refractivity contribution in [2.45, 2.75) is 19.0 Å². The van der Waals surface area contributed by atoms with Gasteiger partial charge in [-0.15, -0.1) is 0 Å². The number of carbonyl (C=O) groups excluding carboxylic acids is 1. The van der Waals surface area contributed by atoms with E-state index in [4.69, 9.17) is 5.73 Å². The van der Waals surface area contributed by atoms with E-state index in [1.165, 1.54) is 12.7 Å². The Labute approximate surface area is 124 Å². The van der Waals surface area contributed by atoms with Gasteiger partial charge in [-0.25, -0.2) is 0 Å². The van der Waals surface area contributed by atoms with E-state index in [0.717, 1.165) is 17.8 Å². The quantitative estimate of drug-likeness (QED) is 0.801. The first-order chi connectivity index (χ1) is 10.2. The van der Waals surface area contributed by atoms with Crippen molar-refractivity contribution in [2.24, 2.45) is 5.73 Å². The van der Waals surface area contributed by atoms with Crippen LogP contribution in [0.25, 0.3) is 0 Å². The SMILES string of the molecule is COC(=O)C[C@@H](N)c1ccc(NCc2ccccc2)cc1. The summed E-state index contributed by atoms with van der Waals surface area (Å²) in [4.78, 5) is 11.2. The minimum atomic E-state index is -0.333. The van der Waals surface area contributed by atoms with Crippen molar-refractivity contribution in [3.05, 3.63) is 65.7 Å². The minimum absolute atomic E-state index is 0.188. The molecule has 2 aromatic rings. The van der Waals surface area contributed by atoms with Gasteiger partial charge in [0.05, 0.1) is 13.5 Å². The molecule has 0 aliphatic rings. The third-order valence-corrected chi connectivity index (χ3v) is 3.29. The normalized spacial score (nSPS) is 11.7. The van der Waals surface area contributed by atoms with Crippen molar-refractivity contribution < 1.29 is 9.53 Å². The molecule has 0 saturated carbocycles. The molecular weight excluding hydrogens is 264 g/mol. The maximum Gasteiger partial charge on any atom is 0.307 e. The molecule has 3 N–H and O–H groups in total. The summed E-state index contributed by atoms with van der Waals surface area (Å²) < 4.78 is 4.62. The minimum Gasteiger partial charge on any atom is -0.469 e. The molecule has 0 heterocycles. The van der Waals surface area contributed by atoms with E-state index in [1.54, 1.807) is 0 Å². The van der Waals surface area contributed by atoms with E-state index < -0.39 is 0 Å². The smallest absolute Gasteiger partial charge is 0.307 e. The molecule has 0 aromatic heterocycles. The largest absolute Gasteiger partial charge is 0.469 e. The number of rotatable bonds is 6. The Morgan fingerprint density at radius 2 is 1.81 bits per heavy atom. The second-order valence-corrected chi connectivity index (χ2v) is 4.85. The zero-order chi connectivity index (χ0) is 15.1. The van der Waals surface area contributed by atoms with Gasteiger partial charge in [-0.3, -0.25) is 4.79 Å². The van der Waals surface area contributed by atoms with Crippen LogP contribution in [0.2, 0.25) is 0 Å². The van der Waals surface area contributed by atoms with Gasteiger partial charge in [0.1, 0.15) is 0 Å². The van der Waals surface area contributed by atoms with E-state index >= 15 is 0 Å².